The lowest BCUT2D eigenvalue weighted by atomic mass is 10.1. The van der Waals surface area contributed by atoms with Gasteiger partial charge < -0.3 is 15.4 Å². The molecule has 0 radical (unpaired) electrons. The van der Waals surface area contributed by atoms with E-state index in [0.717, 1.165) is 11.1 Å². The number of aromatic amines is 1. The van der Waals surface area contributed by atoms with E-state index in [1.165, 1.54) is 11.3 Å². The third-order valence-electron chi connectivity index (χ3n) is 4.71. The number of fused-ring (bicyclic) bond motifs is 1. The Balaban J connectivity index is 1.50. The van der Waals surface area contributed by atoms with Crippen molar-refractivity contribution in [1.29, 1.82) is 0 Å². The number of carbonyl (C=O) groups is 2. The molecule has 0 bridgehead atoms. The van der Waals surface area contributed by atoms with Crippen molar-refractivity contribution in [1.82, 2.24) is 10.2 Å². The second kappa shape index (κ2) is 8.38. The van der Waals surface area contributed by atoms with E-state index in [2.05, 4.69) is 20.8 Å². The van der Waals surface area contributed by atoms with Crippen LogP contribution in [0.1, 0.15) is 20.8 Å². The van der Waals surface area contributed by atoms with Crippen LogP contribution in [0, 0.1) is 6.92 Å². The average molecular weight is 420 g/mol. The van der Waals surface area contributed by atoms with E-state index in [1.54, 1.807) is 25.3 Å². The number of benzene rings is 2. The summed E-state index contributed by atoms with van der Waals surface area (Å²) in [6.07, 6.45) is 0.256. The van der Waals surface area contributed by atoms with Gasteiger partial charge in [-0.25, -0.2) is 0 Å². The summed E-state index contributed by atoms with van der Waals surface area (Å²) >= 11 is 1.27. The number of hydrogen-bond acceptors (Lipinski definition) is 5. The second-order valence-electron chi connectivity index (χ2n) is 6.73. The smallest absolute Gasteiger partial charge is 0.265 e. The van der Waals surface area contributed by atoms with E-state index < -0.39 is 0 Å². The van der Waals surface area contributed by atoms with Gasteiger partial charge in [-0.05, 0) is 36.2 Å². The number of amides is 2. The highest BCUT2D eigenvalue weighted by atomic mass is 32.1. The molecule has 0 aliphatic rings. The fraction of sp³-hybridized carbons (Fsp3) is 0.136. The lowest BCUT2D eigenvalue weighted by molar-refractivity contribution is -0.115. The van der Waals surface area contributed by atoms with E-state index in [-0.39, 0.29) is 18.2 Å². The van der Waals surface area contributed by atoms with Gasteiger partial charge in [0.05, 0.1) is 29.5 Å². The fourth-order valence-electron chi connectivity index (χ4n) is 3.11. The van der Waals surface area contributed by atoms with E-state index in [0.29, 0.717) is 32.3 Å². The maximum Gasteiger partial charge on any atom is 0.265 e. The number of thiophene rings is 1. The number of rotatable bonds is 6. The summed E-state index contributed by atoms with van der Waals surface area (Å²) in [6.45, 7) is 1.97. The molecule has 30 heavy (non-hydrogen) atoms. The average Bonchev–Trinajstić information content (AvgIpc) is 3.32. The van der Waals surface area contributed by atoms with Gasteiger partial charge >= 0.3 is 0 Å². The number of methoxy groups -OCH3 is 1. The summed E-state index contributed by atoms with van der Waals surface area (Å²) in [5.74, 6) is 0.574. The van der Waals surface area contributed by atoms with Crippen LogP contribution in [0.15, 0.2) is 54.6 Å². The standard InChI is InChI=1S/C22H20N4O3S/c1-13-7-3-4-8-14(13)11-19(27)24-20-15-12-18(30-22(15)26-25-20)21(28)23-16-9-5-6-10-17(16)29-2/h3-10,12H,11H2,1-2H3,(H,23,28)(H2,24,25,26,27). The minimum Gasteiger partial charge on any atom is -0.495 e. The first kappa shape index (κ1) is 19.7. The Bertz CT molecular complexity index is 1230. The van der Waals surface area contributed by atoms with Crippen molar-refractivity contribution < 1.29 is 14.3 Å². The summed E-state index contributed by atoms with van der Waals surface area (Å²) in [7, 11) is 1.55. The monoisotopic (exact) mass is 420 g/mol. The molecule has 2 aromatic heterocycles. The van der Waals surface area contributed by atoms with Crippen LogP contribution in [0.2, 0.25) is 0 Å². The van der Waals surface area contributed by atoms with Crippen molar-refractivity contribution in [3.05, 3.63) is 70.6 Å². The number of carbonyl (C=O) groups excluding carboxylic acids is 2. The van der Waals surface area contributed by atoms with Gasteiger partial charge in [-0.1, -0.05) is 36.4 Å². The summed E-state index contributed by atoms with van der Waals surface area (Å²) in [4.78, 5) is 26.4. The molecule has 0 saturated heterocycles. The molecule has 2 aromatic carbocycles. The van der Waals surface area contributed by atoms with Crippen LogP contribution in [-0.4, -0.2) is 29.1 Å². The van der Waals surface area contributed by atoms with Crippen molar-refractivity contribution in [2.45, 2.75) is 13.3 Å². The van der Waals surface area contributed by atoms with Crippen LogP contribution in [-0.2, 0) is 11.2 Å². The maximum absolute atomic E-state index is 12.7. The normalized spacial score (nSPS) is 10.7. The Kier molecular flexibility index (Phi) is 5.49. The highest BCUT2D eigenvalue weighted by Crippen LogP contribution is 2.31. The first-order valence-electron chi connectivity index (χ1n) is 9.32. The largest absolute Gasteiger partial charge is 0.495 e. The number of hydrogen-bond donors (Lipinski definition) is 3. The van der Waals surface area contributed by atoms with Crippen molar-refractivity contribution in [2.24, 2.45) is 0 Å². The van der Waals surface area contributed by atoms with Crippen molar-refractivity contribution >= 4 is 44.9 Å². The summed E-state index contributed by atoms with van der Waals surface area (Å²) in [5.41, 5.74) is 2.61. The number of nitrogens with zero attached hydrogens (tertiary/aromatic N) is 1. The van der Waals surface area contributed by atoms with E-state index in [9.17, 15) is 9.59 Å². The van der Waals surface area contributed by atoms with Gasteiger partial charge in [0.25, 0.3) is 5.91 Å². The molecule has 4 aromatic rings. The molecule has 0 aliphatic carbocycles. The van der Waals surface area contributed by atoms with Crippen LogP contribution in [0.4, 0.5) is 11.5 Å². The lowest BCUT2D eigenvalue weighted by Gasteiger charge is -2.08. The Hall–Kier alpha value is -3.65. The summed E-state index contributed by atoms with van der Waals surface area (Å²) in [5, 5.41) is 13.4. The lowest BCUT2D eigenvalue weighted by Crippen LogP contribution is -2.15. The Labute approximate surface area is 177 Å². The Morgan fingerprint density at radius 3 is 2.67 bits per heavy atom. The van der Waals surface area contributed by atoms with Crippen molar-refractivity contribution in [2.75, 3.05) is 17.7 Å². The zero-order valence-electron chi connectivity index (χ0n) is 16.5. The van der Waals surface area contributed by atoms with E-state index in [4.69, 9.17) is 4.74 Å². The number of H-pyrrole nitrogens is 1. The second-order valence-corrected chi connectivity index (χ2v) is 7.78. The maximum atomic E-state index is 12.7. The van der Waals surface area contributed by atoms with Gasteiger partial charge in [-0.3, -0.25) is 14.7 Å². The molecular formula is C22H20N4O3S. The predicted molar refractivity (Wildman–Crippen MR) is 118 cm³/mol. The van der Waals surface area contributed by atoms with Crippen LogP contribution in [0.5, 0.6) is 5.75 Å². The molecule has 0 unspecified atom stereocenters. The number of nitrogens with one attached hydrogen (secondary N) is 3. The number of para-hydroxylation sites is 2. The minimum absolute atomic E-state index is 0.163. The number of aryl methyl sites for hydroxylation is 1. The quantitative estimate of drug-likeness (QED) is 0.431. The first-order valence-corrected chi connectivity index (χ1v) is 10.1. The fourth-order valence-corrected chi connectivity index (χ4v) is 4.01. The van der Waals surface area contributed by atoms with E-state index in [1.807, 2.05) is 43.3 Å². The highest BCUT2D eigenvalue weighted by molar-refractivity contribution is 7.20. The zero-order chi connectivity index (χ0) is 21.1. The molecule has 8 heteroatoms. The number of aromatic nitrogens is 2. The number of ether oxygens (including phenoxy) is 1. The van der Waals surface area contributed by atoms with Gasteiger partial charge in [0.1, 0.15) is 10.6 Å². The highest BCUT2D eigenvalue weighted by Gasteiger charge is 2.18. The molecule has 0 atom stereocenters. The predicted octanol–water partition coefficient (Wildman–Crippen LogP) is 4.37. The van der Waals surface area contributed by atoms with Crippen molar-refractivity contribution in [3.63, 3.8) is 0 Å². The van der Waals surface area contributed by atoms with Gasteiger partial charge in [0, 0.05) is 0 Å². The molecule has 7 nitrogen and oxygen atoms in total. The van der Waals surface area contributed by atoms with Gasteiger partial charge in [0.2, 0.25) is 5.91 Å². The SMILES string of the molecule is COc1ccccc1NC(=O)c1cc2c(NC(=O)Cc3ccccc3C)n[nH]c2s1. The third kappa shape index (κ3) is 4.04. The van der Waals surface area contributed by atoms with Crippen LogP contribution in [0.3, 0.4) is 0 Å². The van der Waals surface area contributed by atoms with Crippen LogP contribution < -0.4 is 15.4 Å². The van der Waals surface area contributed by atoms with Gasteiger partial charge in [-0.2, -0.15) is 5.10 Å². The molecule has 2 heterocycles. The zero-order valence-corrected chi connectivity index (χ0v) is 17.3. The molecule has 0 fully saturated rings. The molecule has 152 valence electrons. The Morgan fingerprint density at radius 1 is 1.10 bits per heavy atom. The molecule has 0 spiro atoms. The summed E-state index contributed by atoms with van der Waals surface area (Å²) in [6, 6.07) is 16.7. The summed E-state index contributed by atoms with van der Waals surface area (Å²) < 4.78 is 5.27. The van der Waals surface area contributed by atoms with Crippen LogP contribution >= 0.6 is 11.3 Å². The van der Waals surface area contributed by atoms with Crippen LogP contribution in [0.25, 0.3) is 10.2 Å². The minimum atomic E-state index is -0.258. The molecule has 3 N–H and O–H groups in total. The first-order chi connectivity index (χ1) is 14.5. The molecule has 0 aliphatic heterocycles. The molecule has 0 saturated carbocycles. The van der Waals surface area contributed by atoms with Crippen molar-refractivity contribution in [3.8, 4) is 5.75 Å². The molecule has 4 rings (SSSR count). The molecular weight excluding hydrogens is 400 g/mol. The number of anilines is 2. The molecule has 2 amide bonds. The van der Waals surface area contributed by atoms with E-state index >= 15 is 0 Å². The van der Waals surface area contributed by atoms with Gasteiger partial charge in [0.15, 0.2) is 5.82 Å². The van der Waals surface area contributed by atoms with Gasteiger partial charge in [-0.15, -0.1) is 11.3 Å². The topological polar surface area (TPSA) is 96.1 Å². The third-order valence-corrected chi connectivity index (χ3v) is 5.74. The Morgan fingerprint density at radius 2 is 1.87 bits per heavy atom.